The molecule has 13 rings (SSSR count). The topological polar surface area (TPSA) is 36.4 Å². The van der Waals surface area contributed by atoms with Crippen molar-refractivity contribution in [3.8, 4) is 22.9 Å². The van der Waals surface area contributed by atoms with Gasteiger partial charge >= 0.3 is 223 Å². The maximum atomic E-state index is 6.84. The molecule has 0 radical (unpaired) electrons. The zero-order valence-corrected chi connectivity index (χ0v) is 35.6. The molecule has 0 N–H and O–H groups in total. The number of aliphatic imine (C=N–C) groups is 1. The van der Waals surface area contributed by atoms with Gasteiger partial charge in [0.1, 0.15) is 0 Å². The Morgan fingerprint density at radius 3 is 2.08 bits per heavy atom. The molecule has 6 heteroatoms. The molecule has 0 spiro atoms. The molecule has 8 aromatic carbocycles. The summed E-state index contributed by atoms with van der Waals surface area (Å²) in [4.78, 5) is 5.68. The summed E-state index contributed by atoms with van der Waals surface area (Å²) in [5, 5.41) is 7.38. The first kappa shape index (κ1) is 35.4. The average Bonchev–Trinajstić information content (AvgIpc) is 3.81. The molecule has 0 saturated heterocycles. The average molecular weight is 976 g/mol. The number of allylic oxidation sites excluding steroid dienone is 8. The van der Waals surface area contributed by atoms with E-state index in [2.05, 4.69) is 233 Å². The second-order valence-corrected chi connectivity index (χ2v) is 17.2. The van der Waals surface area contributed by atoms with Gasteiger partial charge in [0, 0.05) is 11.8 Å². The molecule has 5 nitrogen and oxygen atoms in total. The molecular formula is C56H36N4OPt. The van der Waals surface area contributed by atoms with E-state index in [9.17, 15) is 0 Å². The SMILES string of the molecule is [Pt]=[c]1n(-c2ccccc2)c2ccccc2n1-c1cccc(Oc2ccc3c4ccccc4n(C4=Nc5ccc6ccc7ccccc7c6c5C5C4=CC=C4C=CC=CC45)c3c2)c1. The monoisotopic (exact) mass is 975 g/mol. The van der Waals surface area contributed by atoms with Crippen LogP contribution in [0.15, 0.2) is 222 Å². The first-order chi connectivity index (χ1) is 30.7. The molecule has 296 valence electrons. The van der Waals surface area contributed by atoms with E-state index >= 15 is 0 Å². The van der Waals surface area contributed by atoms with E-state index in [1.54, 1.807) is 0 Å². The van der Waals surface area contributed by atoms with Gasteiger partial charge in [-0.3, -0.25) is 0 Å². The summed E-state index contributed by atoms with van der Waals surface area (Å²) in [6.07, 6.45) is 13.6. The van der Waals surface area contributed by atoms with Crippen LogP contribution in [0, 0.1) is 9.72 Å². The Morgan fingerprint density at radius 1 is 0.516 bits per heavy atom. The molecule has 10 aromatic rings. The number of aromatic nitrogens is 3. The van der Waals surface area contributed by atoms with Crippen molar-refractivity contribution in [2.45, 2.75) is 5.92 Å². The van der Waals surface area contributed by atoms with Crippen LogP contribution in [0.2, 0.25) is 0 Å². The van der Waals surface area contributed by atoms with Crippen molar-refractivity contribution >= 4 is 65.9 Å². The summed E-state index contributed by atoms with van der Waals surface area (Å²) in [5.41, 5.74) is 11.4. The summed E-state index contributed by atoms with van der Waals surface area (Å²) >= 11 is 2.44. The van der Waals surface area contributed by atoms with Crippen LogP contribution in [0.5, 0.6) is 11.5 Å². The quantitative estimate of drug-likeness (QED) is 0.162. The zero-order valence-electron chi connectivity index (χ0n) is 33.3. The molecular weight excluding hydrogens is 940 g/mol. The molecule has 1 aliphatic heterocycles. The number of hydrogen-bond donors (Lipinski definition) is 0. The fourth-order valence-electron chi connectivity index (χ4n) is 10.2. The molecule has 3 heterocycles. The predicted molar refractivity (Wildman–Crippen MR) is 250 cm³/mol. The summed E-state index contributed by atoms with van der Waals surface area (Å²) in [5.74, 6) is 2.72. The van der Waals surface area contributed by atoms with E-state index in [0.717, 1.165) is 65.7 Å². The van der Waals surface area contributed by atoms with Gasteiger partial charge < -0.3 is 0 Å². The first-order valence-electron chi connectivity index (χ1n) is 21.0. The Morgan fingerprint density at radius 2 is 1.21 bits per heavy atom. The maximum absolute atomic E-state index is 6.84. The van der Waals surface area contributed by atoms with Crippen LogP contribution in [0.1, 0.15) is 11.5 Å². The number of benzene rings is 8. The molecule has 2 atom stereocenters. The van der Waals surface area contributed by atoms with Crippen molar-refractivity contribution in [1.29, 1.82) is 0 Å². The fraction of sp³-hybridized carbons (Fsp3) is 0.0357. The molecule has 0 bridgehead atoms. The second kappa shape index (κ2) is 13.9. The third-order valence-corrected chi connectivity index (χ3v) is 13.9. The normalized spacial score (nSPS) is 16.6. The van der Waals surface area contributed by atoms with E-state index in [4.69, 9.17) is 9.73 Å². The van der Waals surface area contributed by atoms with Crippen LogP contribution in [0.4, 0.5) is 5.69 Å². The predicted octanol–water partition coefficient (Wildman–Crippen LogP) is 14.0. The van der Waals surface area contributed by atoms with Gasteiger partial charge in [0.25, 0.3) is 0 Å². The third kappa shape index (κ3) is 5.31. The molecule has 2 unspecified atom stereocenters. The Labute approximate surface area is 368 Å². The van der Waals surface area contributed by atoms with Crippen molar-refractivity contribution in [3.63, 3.8) is 0 Å². The van der Waals surface area contributed by atoms with E-state index in [1.807, 2.05) is 6.07 Å². The summed E-state index contributed by atoms with van der Waals surface area (Å²) < 4.78 is 14.9. The molecule has 0 amide bonds. The second-order valence-electron chi connectivity index (χ2n) is 16.2. The standard InChI is InChI=1S/C56H36N4O.Pt/c1-2-15-39(16-3-1)58-35-59(51-24-11-10-23-50(51)58)40-17-12-18-41(33-40)61-42-29-31-46-45-21-8-9-22-49(45)60(52(46)34-42)56-47-30-27-37-14-5-7-20-44(37)54(47)55-48(57-56)32-28-38-26-25-36-13-4-6-19-43(36)53(38)55;/h1-34,44,54H;. The first-order valence-corrected chi connectivity index (χ1v) is 22.2. The van der Waals surface area contributed by atoms with Crippen LogP contribution in [0.3, 0.4) is 0 Å². The van der Waals surface area contributed by atoms with Crippen molar-refractivity contribution in [3.05, 3.63) is 227 Å². The number of hydrogen-bond acceptors (Lipinski definition) is 2. The number of ether oxygens (including phenoxy) is 1. The summed E-state index contributed by atoms with van der Waals surface area (Å²) in [6.45, 7) is 0. The minimum absolute atomic E-state index is 0.0692. The number of nitrogens with zero attached hydrogens (tertiary/aromatic N) is 4. The van der Waals surface area contributed by atoms with Crippen molar-refractivity contribution in [2.24, 2.45) is 10.9 Å². The molecule has 0 fully saturated rings. The van der Waals surface area contributed by atoms with Gasteiger partial charge in [-0.2, -0.15) is 0 Å². The van der Waals surface area contributed by atoms with E-state index in [1.165, 1.54) is 43.6 Å². The van der Waals surface area contributed by atoms with E-state index < -0.39 is 0 Å². The van der Waals surface area contributed by atoms with Gasteiger partial charge in [0.15, 0.2) is 0 Å². The molecule has 2 aromatic heterocycles. The minimum atomic E-state index is 0.0692. The van der Waals surface area contributed by atoms with Crippen molar-refractivity contribution in [2.75, 3.05) is 0 Å². The van der Waals surface area contributed by atoms with Gasteiger partial charge in [-0.25, -0.2) is 0 Å². The number of imidazole rings is 1. The van der Waals surface area contributed by atoms with Crippen LogP contribution < -0.4 is 4.74 Å². The number of rotatable bonds is 4. The Hall–Kier alpha value is -7.33. The Balaban J connectivity index is 0.981. The summed E-state index contributed by atoms with van der Waals surface area (Å²) in [6, 6.07) is 60.4. The van der Waals surface area contributed by atoms with Gasteiger partial charge in [0.05, 0.1) is 5.69 Å². The number of para-hydroxylation sites is 4. The molecule has 62 heavy (non-hydrogen) atoms. The van der Waals surface area contributed by atoms with Gasteiger partial charge in [-0.15, -0.1) is 0 Å². The van der Waals surface area contributed by atoms with Gasteiger partial charge in [-0.1, -0.05) is 91.1 Å². The third-order valence-electron chi connectivity index (χ3n) is 12.9. The number of fused-ring (bicyclic) bond motifs is 13. The van der Waals surface area contributed by atoms with Crippen LogP contribution >= 0.6 is 0 Å². The molecule has 2 aliphatic carbocycles. The van der Waals surface area contributed by atoms with E-state index in [0.29, 0.717) is 0 Å². The van der Waals surface area contributed by atoms with Crippen molar-refractivity contribution in [1.82, 2.24) is 13.7 Å². The zero-order chi connectivity index (χ0) is 40.9. The van der Waals surface area contributed by atoms with Crippen LogP contribution in [-0.2, 0) is 19.4 Å². The van der Waals surface area contributed by atoms with E-state index in [-0.39, 0.29) is 11.8 Å². The van der Waals surface area contributed by atoms with Crippen LogP contribution in [-0.4, -0.2) is 19.5 Å². The summed E-state index contributed by atoms with van der Waals surface area (Å²) in [7, 11) is 0. The van der Waals surface area contributed by atoms with Crippen LogP contribution in [0.25, 0.3) is 65.8 Å². The fourth-order valence-corrected chi connectivity index (χ4v) is 11.3. The molecule has 3 aliphatic rings. The Kier molecular flexibility index (Phi) is 7.92. The molecule has 0 saturated carbocycles. The Bertz CT molecular complexity index is 3760. The van der Waals surface area contributed by atoms with Crippen molar-refractivity contribution < 1.29 is 24.1 Å². The van der Waals surface area contributed by atoms with Gasteiger partial charge in [0.2, 0.25) is 0 Å². The van der Waals surface area contributed by atoms with Gasteiger partial charge in [-0.05, 0) is 38.7 Å².